The number of aliphatic carboxylic acids is 1. The van der Waals surface area contributed by atoms with E-state index in [2.05, 4.69) is 31.9 Å². The summed E-state index contributed by atoms with van der Waals surface area (Å²) in [6, 6.07) is -12.2. The van der Waals surface area contributed by atoms with E-state index < -0.39 is 464 Å². The fourth-order valence-corrected chi connectivity index (χ4v) is 18.5. The fraction of sp³-hybridized carbons (Fsp3) is 0.912. The summed E-state index contributed by atoms with van der Waals surface area (Å²) in [7, 11) is 0. The monoisotopic (exact) mass is 2120 g/mol. The summed E-state index contributed by atoms with van der Waals surface area (Å²) in [6.45, 7) is -9.23. The van der Waals surface area contributed by atoms with Gasteiger partial charge in [-0.3, -0.25) is 38.9 Å². The first-order chi connectivity index (χ1) is 68.5. The van der Waals surface area contributed by atoms with Gasteiger partial charge in [0.15, 0.2) is 62.9 Å². The van der Waals surface area contributed by atoms with E-state index in [0.717, 1.165) is 34.6 Å². The van der Waals surface area contributed by atoms with E-state index in [1.54, 1.807) is 0 Å². The Bertz CT molecular complexity index is 4110. The molecule has 6 amide bonds. The SMILES string of the molecule is CC(=O)N[C@@H]1[C@@H](O)[C@H](O[C@@H]2O[C@H](CO)[C@@H](O[C@@H]3O[C@H](CO[C@H]4O[C@H](CO[C@H]5O[C@H](CO)[C@@H](O)[C@H](O)[C@@H]5O)[C@@H](O)[C@H](O[C@H]5O[C@H](CO)[C@@H](O)[C@H](O)[C@@H]5O)[C@@H]4O)[C@@H](O[C@@H]4O[C@H](CO)[C@@H](O)[C@H](O)[C@H]4NC(C)=O)[C@H](O[C@H]4O[C@H](CO)[C@@H](O[C@@H]5O[C@H](CO)[C@@H](O[C@@H]6O[C@H](CO)[C@H](O)[C@H](O)[C@H]6O)[C@H](O)[C@H]5NC(C)=O)[C@H](O)[C@@H]4O[C@@H]4O[C@H](CO)[C@@H](O)[C@H](O)[C@H]4NC(C)=O)[C@@H]3O)[C@H](O)[C@H]2NC(C)=O)[C@@H](CO)O[C@H]1N[C@@H](CC(N)=O)C(=O)O. The lowest BCUT2D eigenvalue weighted by atomic mass is 9.93. The summed E-state index contributed by atoms with van der Waals surface area (Å²) >= 11 is 0. The molecule has 11 fully saturated rings. The van der Waals surface area contributed by atoms with E-state index in [-0.39, 0.29) is 0 Å². The number of nitrogens with two attached hydrogens (primary N) is 1. The van der Waals surface area contributed by atoms with Gasteiger partial charge in [-0.15, -0.1) is 0 Å². The summed E-state index contributed by atoms with van der Waals surface area (Å²) in [5.41, 5.74) is 5.31. The smallest absolute Gasteiger partial charge is 0.321 e. The van der Waals surface area contributed by atoms with Gasteiger partial charge in [0.25, 0.3) is 0 Å². The van der Waals surface area contributed by atoms with Crippen molar-refractivity contribution in [3.63, 3.8) is 0 Å². The van der Waals surface area contributed by atoms with Crippen LogP contribution < -0.4 is 37.6 Å². The minimum atomic E-state index is -2.93. The molecule has 0 spiro atoms. The zero-order valence-electron chi connectivity index (χ0n) is 77.7. The number of carboxylic acids is 1. The lowest BCUT2D eigenvalue weighted by Crippen LogP contribution is -2.72. The van der Waals surface area contributed by atoms with Crippen molar-refractivity contribution in [2.75, 3.05) is 72.7 Å². The zero-order chi connectivity index (χ0) is 107. The van der Waals surface area contributed by atoms with Crippen LogP contribution in [0.3, 0.4) is 0 Å². The van der Waals surface area contributed by atoms with Crippen molar-refractivity contribution in [1.29, 1.82) is 0 Å². The molecule has 11 heterocycles. The Labute approximate surface area is 819 Å². The molecule has 0 bridgehead atoms. The predicted octanol–water partition coefficient (Wildman–Crippen LogP) is -25.3. The number of hydrogen-bond acceptors (Lipinski definition) is 58. The number of carboxylic acid groups (broad SMARTS) is 1. The van der Waals surface area contributed by atoms with E-state index in [4.69, 9.17) is 105 Å². The highest BCUT2D eigenvalue weighted by Crippen LogP contribution is 2.43. The quantitative estimate of drug-likeness (QED) is 0.0270. The zero-order valence-corrected chi connectivity index (χ0v) is 77.7. The van der Waals surface area contributed by atoms with Gasteiger partial charge in [0.05, 0.1) is 85.1 Å². The van der Waals surface area contributed by atoms with Crippen molar-refractivity contribution in [1.82, 2.24) is 31.9 Å². The van der Waals surface area contributed by atoms with Crippen LogP contribution in [0.1, 0.15) is 41.0 Å². The molecule has 38 N–H and O–H groups in total. The van der Waals surface area contributed by atoms with Crippen molar-refractivity contribution < 1.29 is 286 Å². The number of rotatable bonds is 41. The van der Waals surface area contributed by atoms with Crippen LogP contribution >= 0.6 is 0 Å². The molecule has 65 heteroatoms. The number of primary amides is 1. The second kappa shape index (κ2) is 52.7. The van der Waals surface area contributed by atoms with Gasteiger partial charge in [-0.1, -0.05) is 0 Å². The van der Waals surface area contributed by atoms with Crippen molar-refractivity contribution in [2.45, 2.75) is 384 Å². The molecule has 145 heavy (non-hydrogen) atoms. The topological polar surface area (TPSA) is 1020 Å². The van der Waals surface area contributed by atoms with Crippen LogP contribution in [0.15, 0.2) is 0 Å². The molecule has 0 aromatic carbocycles. The average molecular weight is 2120 g/mol. The highest BCUT2D eigenvalue weighted by molar-refractivity contribution is 5.83. The average Bonchev–Trinajstić information content (AvgIpc) is 0.762. The van der Waals surface area contributed by atoms with Gasteiger partial charge < -0.3 is 285 Å². The van der Waals surface area contributed by atoms with Crippen molar-refractivity contribution in [2.24, 2.45) is 5.73 Å². The molecule has 0 saturated carbocycles. The van der Waals surface area contributed by atoms with Crippen molar-refractivity contribution in [3.05, 3.63) is 0 Å². The summed E-state index contributed by atoms with van der Waals surface area (Å²) in [4.78, 5) is 90.7. The predicted molar refractivity (Wildman–Crippen MR) is 446 cm³/mol. The third-order valence-electron chi connectivity index (χ3n) is 26.1. The lowest BCUT2D eigenvalue weighted by molar-refractivity contribution is -0.412. The van der Waals surface area contributed by atoms with Gasteiger partial charge in [0.2, 0.25) is 35.4 Å². The standard InChI is InChI=1S/C80H133N7O58/c1-18(97)82-36-49(111)61(29(12-93)127-69(36)87-23(70(123)124)6-35(81)102)138-73-39(85-21(4)100)51(113)63(31(14-95)133-73)141-79-60(122)67(144-80-68(145-72-38(84-20(3)99)48(110)42(104)25(8-89)129-72)58(120)64(32(15-96)135-80)139-74-40(86-22(5)101)50(112)62(30(13-94)134-74)140-77-56(118)53(115)44(106)27(10-91)131-77)65(142-71-37(83-19(2)98)47(109)41(103)24(7-88)128-71)34(137-79)17-126-76-59(121)66(143-78-57(119)54(116)45(107)28(11-92)132-78)46(108)33(136-76)16-125-75-55(117)52(114)43(105)26(9-90)130-75/h23-34,36-69,71-80,87-96,103-122H,6-17H2,1-5H3,(H2,81,102)(H,82,97)(H,83,98)(H,84,99)(H,85,100)(H,86,101)(H,123,124)/t23-,24+,25+,26+,27+,28+,29+,30+,31+,32+,33+,34+,36+,37+,38+,39+,40+,41+,42+,43+,44-,45+,46+,47+,48+,49+,50+,51+,52-,53-,54-,55-,56+,57-,58-,59-,60-,61+,62+,63+,64+,65+,66-,67+,68-,69+,71-,72-,73-,74-,75-,76-,77-,78+,79-,80+/m0/s1. The molecule has 11 rings (SSSR count). The summed E-state index contributed by atoms with van der Waals surface area (Å²) in [5, 5.41) is 355. The molecule has 65 nitrogen and oxygen atoms in total. The maximum Gasteiger partial charge on any atom is 0.321 e. The van der Waals surface area contributed by atoms with E-state index >= 15 is 0 Å². The first-order valence-electron chi connectivity index (χ1n) is 45.9. The fourth-order valence-electron chi connectivity index (χ4n) is 18.5. The second-order valence-electron chi connectivity index (χ2n) is 36.3. The van der Waals surface area contributed by atoms with Crippen LogP contribution in [0.2, 0.25) is 0 Å². The van der Waals surface area contributed by atoms with E-state index in [1.807, 2.05) is 0 Å². The maximum atomic E-state index is 13.7. The molecular weight excluding hydrogens is 1990 g/mol. The van der Waals surface area contributed by atoms with Crippen LogP contribution in [-0.4, -0.2) is 611 Å². The van der Waals surface area contributed by atoms with E-state index in [1.165, 1.54) is 0 Å². The molecule has 0 unspecified atom stereocenters. The molecule has 11 aliphatic heterocycles. The van der Waals surface area contributed by atoms with Gasteiger partial charge in [-0.05, 0) is 0 Å². The van der Waals surface area contributed by atoms with Crippen molar-refractivity contribution >= 4 is 41.4 Å². The Hall–Kier alpha value is -5.75. The number of nitrogens with one attached hydrogen (secondary N) is 6. The normalized spacial score (nSPS) is 47.0. The molecule has 836 valence electrons. The van der Waals surface area contributed by atoms with Gasteiger partial charge in [-0.2, -0.15) is 0 Å². The van der Waals surface area contributed by atoms with E-state index in [0.29, 0.717) is 0 Å². The number of hydrogen-bond donors (Lipinski definition) is 37. The Morgan fingerprint density at radius 1 is 0.241 bits per heavy atom. The molecular formula is C80H133N7O58. The first-order valence-corrected chi connectivity index (χ1v) is 45.9. The number of amides is 6. The third kappa shape index (κ3) is 27.4. The maximum absolute atomic E-state index is 13.7. The Morgan fingerprint density at radius 2 is 0.497 bits per heavy atom. The Balaban J connectivity index is 1.06. The molecule has 11 saturated heterocycles. The number of aliphatic hydroxyl groups excluding tert-OH is 29. The van der Waals surface area contributed by atoms with Crippen LogP contribution in [0.5, 0.6) is 0 Å². The highest BCUT2D eigenvalue weighted by atomic mass is 16.8. The minimum absolute atomic E-state index is 0.851. The van der Waals surface area contributed by atoms with Gasteiger partial charge in [0, 0.05) is 34.6 Å². The molecule has 0 aromatic rings. The summed E-state index contributed by atoms with van der Waals surface area (Å²) in [6.07, 6.45) is -115. The lowest BCUT2D eigenvalue weighted by Gasteiger charge is -2.53. The first kappa shape index (κ1) is 119. The van der Waals surface area contributed by atoms with Gasteiger partial charge >= 0.3 is 5.97 Å². The summed E-state index contributed by atoms with van der Waals surface area (Å²) in [5.74, 6) is -8.08. The minimum Gasteiger partial charge on any atom is -0.480 e. The second-order valence-corrected chi connectivity index (χ2v) is 36.3. The van der Waals surface area contributed by atoms with Crippen LogP contribution in [0.25, 0.3) is 0 Å². The molecule has 0 radical (unpaired) electrons. The number of carbonyl (C=O) groups is 7. The van der Waals surface area contributed by atoms with Crippen LogP contribution in [0.4, 0.5) is 0 Å². The number of aliphatic hydroxyl groups is 29. The summed E-state index contributed by atoms with van der Waals surface area (Å²) < 4.78 is 129. The molecule has 56 atom stereocenters. The van der Waals surface area contributed by atoms with Gasteiger partial charge in [-0.25, -0.2) is 0 Å². The third-order valence-corrected chi connectivity index (χ3v) is 26.1. The van der Waals surface area contributed by atoms with E-state index in [9.17, 15) is 187 Å². The molecule has 0 aliphatic carbocycles. The largest absolute Gasteiger partial charge is 0.480 e. The Morgan fingerprint density at radius 3 is 0.876 bits per heavy atom. The number of ether oxygens (including phenoxy) is 21. The molecule has 0 aromatic heterocycles. The Kier molecular flexibility index (Phi) is 43.4. The van der Waals surface area contributed by atoms with Gasteiger partial charge in [0.1, 0.15) is 274 Å². The van der Waals surface area contributed by atoms with Crippen molar-refractivity contribution in [3.8, 4) is 0 Å². The van der Waals surface area contributed by atoms with Crippen LogP contribution in [0, 0.1) is 0 Å². The highest BCUT2D eigenvalue weighted by Gasteiger charge is 2.64. The number of carbonyl (C=O) groups excluding carboxylic acids is 6. The molecule has 11 aliphatic rings. The van der Waals surface area contributed by atoms with Crippen LogP contribution in [-0.2, 0) is 133 Å².